The van der Waals surface area contributed by atoms with Crippen LogP contribution in [0.25, 0.3) is 0 Å². The molecular formula is C27H28BrNO3. The molecule has 4 nitrogen and oxygen atoms in total. The number of carbonyl (C=O) groups excluding carboxylic acids is 1. The molecule has 4 rings (SSSR count). The van der Waals surface area contributed by atoms with E-state index in [-0.39, 0.29) is 24.0 Å². The standard InChI is InChI=1S/C27H28BrNO3/c28-24-13-7-12-23(18-24)27(14-16-31-17-15-27)20-29-25(30)19-32-26(21-8-3-1-4-9-21)22-10-5-2-6-11-22/h1-13,18,26H,14-17,19-20H2,(H,29,30). The molecule has 0 unspecified atom stereocenters. The monoisotopic (exact) mass is 493 g/mol. The van der Waals surface area contributed by atoms with E-state index in [1.54, 1.807) is 0 Å². The molecule has 0 bridgehead atoms. The molecule has 0 saturated carbocycles. The predicted molar refractivity (Wildman–Crippen MR) is 130 cm³/mol. The van der Waals surface area contributed by atoms with Gasteiger partial charge in [-0.25, -0.2) is 0 Å². The van der Waals surface area contributed by atoms with E-state index >= 15 is 0 Å². The number of amides is 1. The van der Waals surface area contributed by atoms with Crippen molar-refractivity contribution in [1.29, 1.82) is 0 Å². The lowest BCUT2D eigenvalue weighted by atomic mass is 9.74. The van der Waals surface area contributed by atoms with Crippen molar-refractivity contribution in [2.75, 3.05) is 26.4 Å². The lowest BCUT2D eigenvalue weighted by Gasteiger charge is -2.38. The molecule has 0 aliphatic carbocycles. The van der Waals surface area contributed by atoms with Crippen molar-refractivity contribution in [1.82, 2.24) is 5.32 Å². The zero-order valence-corrected chi connectivity index (χ0v) is 19.6. The lowest BCUT2D eigenvalue weighted by molar-refractivity contribution is -0.127. The molecule has 1 fully saturated rings. The Balaban J connectivity index is 1.43. The Morgan fingerprint density at radius 2 is 1.56 bits per heavy atom. The number of nitrogens with one attached hydrogen (secondary N) is 1. The topological polar surface area (TPSA) is 47.6 Å². The van der Waals surface area contributed by atoms with Crippen molar-refractivity contribution in [3.05, 3.63) is 106 Å². The molecule has 1 aliphatic rings. The molecule has 32 heavy (non-hydrogen) atoms. The Hall–Kier alpha value is -2.47. The van der Waals surface area contributed by atoms with Crippen LogP contribution in [-0.4, -0.2) is 32.3 Å². The number of hydrogen-bond donors (Lipinski definition) is 1. The molecule has 0 atom stereocenters. The first kappa shape index (κ1) is 22.7. The Bertz CT molecular complexity index is 964. The third-order valence-corrected chi connectivity index (χ3v) is 6.59. The van der Waals surface area contributed by atoms with E-state index in [1.807, 2.05) is 72.8 Å². The van der Waals surface area contributed by atoms with Gasteiger partial charge in [0.15, 0.2) is 0 Å². The Kier molecular flexibility index (Phi) is 7.74. The van der Waals surface area contributed by atoms with E-state index < -0.39 is 0 Å². The molecule has 1 amide bonds. The van der Waals surface area contributed by atoms with Crippen LogP contribution in [-0.2, 0) is 19.7 Å². The van der Waals surface area contributed by atoms with Gasteiger partial charge in [-0.3, -0.25) is 4.79 Å². The molecule has 5 heteroatoms. The maximum absolute atomic E-state index is 12.8. The molecule has 3 aromatic carbocycles. The van der Waals surface area contributed by atoms with Crippen LogP contribution in [0.3, 0.4) is 0 Å². The summed E-state index contributed by atoms with van der Waals surface area (Å²) in [6, 6.07) is 28.4. The molecule has 1 heterocycles. The first-order valence-electron chi connectivity index (χ1n) is 11.0. The van der Waals surface area contributed by atoms with E-state index in [4.69, 9.17) is 9.47 Å². The van der Waals surface area contributed by atoms with E-state index in [1.165, 1.54) is 5.56 Å². The minimum atomic E-state index is -0.287. The van der Waals surface area contributed by atoms with Crippen LogP contribution in [0.1, 0.15) is 35.6 Å². The SMILES string of the molecule is O=C(COC(c1ccccc1)c1ccccc1)NCC1(c2cccc(Br)c2)CCOCC1. The van der Waals surface area contributed by atoms with Crippen LogP contribution < -0.4 is 5.32 Å². The van der Waals surface area contributed by atoms with E-state index in [9.17, 15) is 4.79 Å². The summed E-state index contributed by atoms with van der Waals surface area (Å²) in [5, 5.41) is 3.13. The summed E-state index contributed by atoms with van der Waals surface area (Å²) in [5.74, 6) is -0.109. The van der Waals surface area contributed by atoms with Crippen LogP contribution in [0.5, 0.6) is 0 Å². The number of halogens is 1. The second-order valence-corrected chi connectivity index (χ2v) is 9.11. The lowest BCUT2D eigenvalue weighted by Crippen LogP contribution is -2.45. The molecular weight excluding hydrogens is 466 g/mol. The fraction of sp³-hybridized carbons (Fsp3) is 0.296. The number of carbonyl (C=O) groups is 1. The van der Waals surface area contributed by atoms with Crippen LogP contribution in [0.4, 0.5) is 0 Å². The van der Waals surface area contributed by atoms with Gasteiger partial charge in [0.25, 0.3) is 0 Å². The highest BCUT2D eigenvalue weighted by molar-refractivity contribution is 9.10. The molecule has 3 aromatic rings. The Morgan fingerprint density at radius 1 is 0.938 bits per heavy atom. The summed E-state index contributed by atoms with van der Waals surface area (Å²) in [4.78, 5) is 12.8. The average molecular weight is 494 g/mol. The van der Waals surface area contributed by atoms with Crippen LogP contribution in [0.2, 0.25) is 0 Å². The van der Waals surface area contributed by atoms with Gasteiger partial charge in [0.05, 0.1) is 0 Å². The molecule has 1 N–H and O–H groups in total. The van der Waals surface area contributed by atoms with Crippen LogP contribution in [0, 0.1) is 0 Å². The molecule has 0 radical (unpaired) electrons. The van der Waals surface area contributed by atoms with Gasteiger partial charge in [-0.05, 0) is 41.7 Å². The molecule has 166 valence electrons. The third kappa shape index (κ3) is 5.66. The Morgan fingerprint density at radius 3 is 2.16 bits per heavy atom. The van der Waals surface area contributed by atoms with Gasteiger partial charge in [0.1, 0.15) is 12.7 Å². The summed E-state index contributed by atoms with van der Waals surface area (Å²) >= 11 is 3.58. The number of ether oxygens (including phenoxy) is 2. The van der Waals surface area contributed by atoms with E-state index in [0.717, 1.165) is 28.4 Å². The van der Waals surface area contributed by atoms with Gasteiger partial charge in [0, 0.05) is 29.6 Å². The smallest absolute Gasteiger partial charge is 0.246 e. The minimum Gasteiger partial charge on any atom is -0.381 e. The van der Waals surface area contributed by atoms with Gasteiger partial charge in [-0.1, -0.05) is 88.7 Å². The fourth-order valence-corrected chi connectivity index (χ4v) is 4.67. The van der Waals surface area contributed by atoms with Crippen molar-refractivity contribution in [2.45, 2.75) is 24.4 Å². The number of hydrogen-bond acceptors (Lipinski definition) is 3. The largest absolute Gasteiger partial charge is 0.381 e. The van der Waals surface area contributed by atoms with Crippen molar-refractivity contribution in [3.63, 3.8) is 0 Å². The van der Waals surface area contributed by atoms with Crippen molar-refractivity contribution in [2.24, 2.45) is 0 Å². The van der Waals surface area contributed by atoms with Gasteiger partial charge >= 0.3 is 0 Å². The normalized spacial score (nSPS) is 15.4. The summed E-state index contributed by atoms with van der Waals surface area (Å²) in [5.41, 5.74) is 3.15. The molecule has 1 aliphatic heterocycles. The molecule has 0 aromatic heterocycles. The third-order valence-electron chi connectivity index (χ3n) is 6.10. The summed E-state index contributed by atoms with van der Waals surface area (Å²) in [6.45, 7) is 1.96. The Labute approximate surface area is 198 Å². The van der Waals surface area contributed by atoms with E-state index in [0.29, 0.717) is 19.8 Å². The average Bonchev–Trinajstić information content (AvgIpc) is 2.85. The predicted octanol–water partition coefficient (Wildman–Crippen LogP) is 5.42. The highest BCUT2D eigenvalue weighted by Gasteiger charge is 2.35. The highest BCUT2D eigenvalue weighted by atomic mass is 79.9. The van der Waals surface area contributed by atoms with E-state index in [2.05, 4.69) is 33.4 Å². The van der Waals surface area contributed by atoms with Gasteiger partial charge < -0.3 is 14.8 Å². The fourth-order valence-electron chi connectivity index (χ4n) is 4.27. The zero-order chi connectivity index (χ0) is 22.2. The molecule has 0 spiro atoms. The van der Waals surface area contributed by atoms with Crippen molar-refractivity contribution < 1.29 is 14.3 Å². The zero-order valence-electron chi connectivity index (χ0n) is 18.0. The summed E-state index contributed by atoms with van der Waals surface area (Å²) in [6.07, 6.45) is 1.47. The number of benzene rings is 3. The van der Waals surface area contributed by atoms with Crippen LogP contribution in [0.15, 0.2) is 89.4 Å². The first-order valence-corrected chi connectivity index (χ1v) is 11.8. The maximum atomic E-state index is 12.8. The second kappa shape index (κ2) is 10.9. The van der Waals surface area contributed by atoms with Gasteiger partial charge in [0.2, 0.25) is 5.91 Å². The summed E-state index contributed by atoms with van der Waals surface area (Å²) < 4.78 is 12.8. The highest BCUT2D eigenvalue weighted by Crippen LogP contribution is 2.35. The van der Waals surface area contributed by atoms with Gasteiger partial charge in [-0.15, -0.1) is 0 Å². The second-order valence-electron chi connectivity index (χ2n) is 8.19. The quantitative estimate of drug-likeness (QED) is 0.455. The maximum Gasteiger partial charge on any atom is 0.246 e. The van der Waals surface area contributed by atoms with Gasteiger partial charge in [-0.2, -0.15) is 0 Å². The van der Waals surface area contributed by atoms with Crippen molar-refractivity contribution in [3.8, 4) is 0 Å². The summed E-state index contributed by atoms with van der Waals surface area (Å²) in [7, 11) is 0. The first-order chi connectivity index (χ1) is 15.7. The van der Waals surface area contributed by atoms with Crippen LogP contribution >= 0.6 is 15.9 Å². The molecule has 1 saturated heterocycles. The number of rotatable bonds is 8. The minimum absolute atomic E-state index is 0.000477. The van der Waals surface area contributed by atoms with Crippen molar-refractivity contribution >= 4 is 21.8 Å².